The predicted molar refractivity (Wildman–Crippen MR) is 273 cm³/mol. The molecule has 0 saturated heterocycles. The van der Waals surface area contributed by atoms with Gasteiger partial charge >= 0.3 is 0 Å². The molecule has 9 aromatic rings. The largest absolute Gasteiger partial charge is 0.305 e. The van der Waals surface area contributed by atoms with Gasteiger partial charge in [0.25, 0.3) is 0 Å². The second-order valence-electron chi connectivity index (χ2n) is 26.7. The summed E-state index contributed by atoms with van der Waals surface area (Å²) < 4.78 is 41.0. The van der Waals surface area contributed by atoms with Crippen molar-refractivity contribution in [2.24, 2.45) is 47.3 Å². The Morgan fingerprint density at radius 2 is 0.671 bits per heavy atom. The number of hydrogen-bond acceptors (Lipinski definition) is 2. The van der Waals surface area contributed by atoms with Gasteiger partial charge in [-0.25, -0.2) is 8.78 Å². The van der Waals surface area contributed by atoms with E-state index in [9.17, 15) is 9.59 Å². The van der Waals surface area contributed by atoms with Gasteiger partial charge in [0.15, 0.2) is 23.2 Å². The third kappa shape index (κ3) is 4.44. The lowest BCUT2D eigenvalue weighted by Crippen LogP contribution is -2.48. The molecule has 350 valence electrons. The maximum absolute atomic E-state index is 18.3. The topological polar surface area (TPSA) is 43.0 Å². The molecule has 70 heavy (non-hydrogen) atoms. The van der Waals surface area contributed by atoms with Crippen molar-refractivity contribution in [1.82, 2.24) is 8.80 Å². The first-order chi connectivity index (χ1) is 34.2. The van der Waals surface area contributed by atoms with Crippen molar-refractivity contribution in [2.75, 3.05) is 0 Å². The zero-order valence-electron chi connectivity index (χ0n) is 40.0. The van der Waals surface area contributed by atoms with Gasteiger partial charge in [0.05, 0.1) is 44.2 Å². The zero-order valence-corrected chi connectivity index (χ0v) is 40.0. The van der Waals surface area contributed by atoms with Crippen LogP contribution in [0.3, 0.4) is 0 Å². The first-order valence-corrected chi connectivity index (χ1v) is 28.1. The van der Waals surface area contributed by atoms with E-state index in [1.54, 1.807) is 0 Å². The number of Topliss-reactive ketones (excluding diaryl/α,β-unsaturated/α-hetero) is 2. The van der Waals surface area contributed by atoms with E-state index >= 15 is 8.78 Å². The molecule has 0 amide bonds. The summed E-state index contributed by atoms with van der Waals surface area (Å²) in [6, 6.07) is 19.3. The quantitative estimate of drug-likeness (QED) is 0.173. The fourth-order valence-electron chi connectivity index (χ4n) is 21.2. The van der Waals surface area contributed by atoms with E-state index < -0.39 is 0 Å². The summed E-state index contributed by atoms with van der Waals surface area (Å²) in [5.41, 5.74) is 10.9. The highest BCUT2D eigenvalue weighted by Gasteiger charge is 2.54. The maximum Gasteiger partial charge on any atom is 0.169 e. The van der Waals surface area contributed by atoms with Gasteiger partial charge < -0.3 is 8.80 Å². The smallest absolute Gasteiger partial charge is 0.169 e. The highest BCUT2D eigenvalue weighted by Crippen LogP contribution is 2.64. The summed E-state index contributed by atoms with van der Waals surface area (Å²) in [4.78, 5) is 28.9. The minimum Gasteiger partial charge on any atom is -0.305 e. The van der Waals surface area contributed by atoms with E-state index in [4.69, 9.17) is 0 Å². The Kier molecular flexibility index (Phi) is 6.82. The number of ketones is 2. The van der Waals surface area contributed by atoms with Gasteiger partial charge in [0.1, 0.15) is 0 Å². The van der Waals surface area contributed by atoms with E-state index in [-0.39, 0.29) is 57.7 Å². The number of benzene rings is 5. The van der Waals surface area contributed by atoms with Crippen molar-refractivity contribution in [3.63, 3.8) is 0 Å². The average Bonchev–Trinajstić information content (AvgIpc) is 3.98. The van der Waals surface area contributed by atoms with E-state index in [0.717, 1.165) is 163 Å². The fourth-order valence-corrected chi connectivity index (χ4v) is 21.2. The van der Waals surface area contributed by atoms with Gasteiger partial charge in [-0.05, 0) is 257 Å². The summed E-state index contributed by atoms with van der Waals surface area (Å²) in [5, 5.41) is 8.63. The molecule has 0 spiro atoms. The summed E-state index contributed by atoms with van der Waals surface area (Å²) in [6.07, 6.45) is 22.8. The van der Waals surface area contributed by atoms with Gasteiger partial charge in [-0.3, -0.25) is 9.59 Å². The molecule has 0 unspecified atom stereocenters. The third-order valence-corrected chi connectivity index (χ3v) is 23.3. The molecule has 4 aromatic heterocycles. The Balaban J connectivity index is 0.967. The van der Waals surface area contributed by atoms with Gasteiger partial charge in [0.2, 0.25) is 0 Å². The van der Waals surface area contributed by atoms with Crippen LogP contribution in [-0.2, 0) is 10.8 Å². The molecule has 0 aliphatic heterocycles. The Labute approximate surface area is 405 Å². The molecule has 10 saturated carbocycles. The third-order valence-electron chi connectivity index (χ3n) is 23.3. The molecule has 4 nitrogen and oxygen atoms in total. The average molecular weight is 925 g/mol. The van der Waals surface area contributed by atoms with Gasteiger partial charge in [0, 0.05) is 54.9 Å². The minimum atomic E-state index is -0.326. The summed E-state index contributed by atoms with van der Waals surface area (Å²) in [6.45, 7) is 0. The molecular weight excluding hydrogens is 867 g/mol. The fraction of sp³-hybridized carbons (Fsp3) is 0.500. The highest BCUT2D eigenvalue weighted by molar-refractivity contribution is 6.30. The molecule has 14 aliphatic carbocycles. The second kappa shape index (κ2) is 12.4. The van der Waals surface area contributed by atoms with Gasteiger partial charge in [-0.2, -0.15) is 0 Å². The Bertz CT molecular complexity index is 3630. The van der Waals surface area contributed by atoms with Crippen molar-refractivity contribution in [1.29, 1.82) is 0 Å². The SMILES string of the molecule is O=C1c2c(cc3c4cc(C56CC7CC(CC(C7)C5)C6)cc5c6cc7c(cc6n(c3c2F)c54)c2cc(C34CC5CC(CC(C5)C3)C4)cc3c4cc5c(c(F)c4n7c23)C(=O)C2CCC5CC2)C2CCC1CC2. The number of hydrogen-bond donors (Lipinski definition) is 0. The van der Waals surface area contributed by atoms with Crippen LogP contribution >= 0.6 is 0 Å². The summed E-state index contributed by atoms with van der Waals surface area (Å²) >= 11 is 0. The Hall–Kier alpha value is -5.10. The summed E-state index contributed by atoms with van der Waals surface area (Å²) in [5.74, 6) is 4.26. The lowest BCUT2D eigenvalue weighted by Gasteiger charge is -2.57. The molecule has 5 aromatic carbocycles. The Morgan fingerprint density at radius 1 is 0.371 bits per heavy atom. The van der Waals surface area contributed by atoms with Crippen molar-refractivity contribution >= 4 is 87.8 Å². The van der Waals surface area contributed by atoms with Crippen LogP contribution in [0.25, 0.3) is 76.2 Å². The zero-order chi connectivity index (χ0) is 45.6. The molecule has 12 bridgehead atoms. The Morgan fingerprint density at radius 3 is 1.01 bits per heavy atom. The molecule has 0 atom stereocenters. The molecule has 0 N–H and O–H groups in total. The van der Waals surface area contributed by atoms with Gasteiger partial charge in [-0.15, -0.1) is 0 Å². The van der Waals surface area contributed by atoms with Crippen LogP contribution < -0.4 is 0 Å². The molecule has 6 heteroatoms. The van der Waals surface area contributed by atoms with Crippen LogP contribution in [0.1, 0.15) is 183 Å². The number of aromatic nitrogens is 2. The minimum absolute atomic E-state index is 0.00984. The van der Waals surface area contributed by atoms with Crippen LogP contribution in [0.4, 0.5) is 8.78 Å². The normalized spacial score (nSPS) is 36.0. The summed E-state index contributed by atoms with van der Waals surface area (Å²) in [7, 11) is 0. The van der Waals surface area contributed by atoms with E-state index in [0.29, 0.717) is 22.2 Å². The van der Waals surface area contributed by atoms with Crippen LogP contribution in [0.5, 0.6) is 0 Å². The monoisotopic (exact) mass is 924 g/mol. The second-order valence-corrected chi connectivity index (χ2v) is 26.7. The van der Waals surface area contributed by atoms with Crippen molar-refractivity contribution in [2.45, 2.75) is 151 Å². The standard InChI is InChI=1S/C64H58F2N2O2/c65-55-53-41(35-1-5-37(6-2-35)61(53)69)19-49-47-17-39(63-23-29-9-30(24-63)11-31(10-29)25-63)15-45-43-22-52-44(21-51(43)67(57(45)47)59(49)55)46-16-40(64-26-32-12-33(27-64)14-34(13-32)28-64)18-48-50-20-42-36-3-7-38(8-4-36)62(70)54(42)56(66)60(50)68(52)58(46)48/h15-22,29-38H,1-14,23-28H2. The maximum atomic E-state index is 18.3. The first-order valence-electron chi connectivity index (χ1n) is 28.1. The first kappa shape index (κ1) is 38.6. The van der Waals surface area contributed by atoms with E-state index in [1.165, 1.54) is 88.2 Å². The van der Waals surface area contributed by atoms with Crippen LogP contribution in [-0.4, -0.2) is 20.4 Å². The van der Waals surface area contributed by atoms with Crippen molar-refractivity contribution < 1.29 is 18.4 Å². The van der Waals surface area contributed by atoms with Crippen molar-refractivity contribution in [3.05, 3.63) is 93.5 Å². The number of nitrogens with zero attached hydrogens (tertiary/aromatic N) is 2. The number of carbonyl (C=O) groups excluding carboxylic acids is 2. The molecule has 14 aliphatic rings. The van der Waals surface area contributed by atoms with Gasteiger partial charge in [-0.1, -0.05) is 0 Å². The van der Waals surface area contributed by atoms with Crippen molar-refractivity contribution in [3.8, 4) is 0 Å². The van der Waals surface area contributed by atoms with Crippen LogP contribution in [0.2, 0.25) is 0 Å². The van der Waals surface area contributed by atoms with E-state index in [1.807, 2.05) is 0 Å². The molecular formula is C64H58F2N2O2. The highest BCUT2D eigenvalue weighted by atomic mass is 19.1. The van der Waals surface area contributed by atoms with Crippen LogP contribution in [0.15, 0.2) is 48.5 Å². The van der Waals surface area contributed by atoms with Crippen LogP contribution in [0, 0.1) is 59.0 Å². The molecule has 0 radical (unpaired) electrons. The molecule has 23 rings (SSSR count). The lowest BCUT2D eigenvalue weighted by atomic mass is 9.48. The number of rotatable bonds is 2. The van der Waals surface area contributed by atoms with E-state index in [2.05, 4.69) is 57.3 Å². The number of halogens is 2. The molecule has 10 fully saturated rings. The lowest BCUT2D eigenvalue weighted by molar-refractivity contribution is -0.00520. The predicted octanol–water partition coefficient (Wildman–Crippen LogP) is 16.1. The molecule has 4 heterocycles. The number of fused-ring (bicyclic) bond motifs is 16. The number of carbonyl (C=O) groups is 2.